The number of carboxylic acid groups (broad SMARTS) is 1. The molecule has 21 heavy (non-hydrogen) atoms. The van der Waals surface area contributed by atoms with Crippen LogP contribution < -0.4 is 5.32 Å². The highest BCUT2D eigenvalue weighted by Gasteiger charge is 2.43. The first-order chi connectivity index (χ1) is 10.1. The van der Waals surface area contributed by atoms with Gasteiger partial charge in [-0.25, -0.2) is 9.78 Å². The van der Waals surface area contributed by atoms with E-state index >= 15 is 0 Å². The van der Waals surface area contributed by atoms with Gasteiger partial charge in [0.2, 0.25) is 5.91 Å². The fourth-order valence-electron chi connectivity index (χ4n) is 2.34. The molecule has 108 valence electrons. The van der Waals surface area contributed by atoms with E-state index in [9.17, 15) is 9.59 Å². The molecule has 0 radical (unpaired) electrons. The van der Waals surface area contributed by atoms with Crippen molar-refractivity contribution in [1.82, 2.24) is 10.3 Å². The predicted octanol–water partition coefficient (Wildman–Crippen LogP) is 2.26. The minimum absolute atomic E-state index is 0.0101. The van der Waals surface area contributed by atoms with E-state index in [1.807, 2.05) is 30.3 Å². The fraction of sp³-hybridized carbons (Fsp3) is 0.267. The third kappa shape index (κ3) is 3.11. The number of thiazole rings is 1. The number of nitrogens with one attached hydrogen (secondary N) is 1. The Morgan fingerprint density at radius 3 is 2.76 bits per heavy atom. The van der Waals surface area contributed by atoms with Gasteiger partial charge in [-0.1, -0.05) is 30.3 Å². The zero-order valence-corrected chi connectivity index (χ0v) is 12.0. The summed E-state index contributed by atoms with van der Waals surface area (Å²) in [4.78, 5) is 26.7. The second-order valence-electron chi connectivity index (χ2n) is 5.01. The van der Waals surface area contributed by atoms with Crippen LogP contribution in [0.1, 0.15) is 33.4 Å². The van der Waals surface area contributed by atoms with Crippen molar-refractivity contribution in [2.75, 3.05) is 0 Å². The number of amides is 1. The summed E-state index contributed by atoms with van der Waals surface area (Å²) in [6.07, 6.45) is 0.869. The van der Waals surface area contributed by atoms with Crippen molar-refractivity contribution in [2.45, 2.75) is 18.9 Å². The molecule has 1 aliphatic rings. The Morgan fingerprint density at radius 1 is 1.33 bits per heavy atom. The quantitative estimate of drug-likeness (QED) is 0.888. The number of benzene rings is 1. The Morgan fingerprint density at radius 2 is 2.10 bits per heavy atom. The third-order valence-corrected chi connectivity index (χ3v) is 4.39. The number of carbonyl (C=O) groups is 2. The number of rotatable bonds is 5. The second-order valence-corrected chi connectivity index (χ2v) is 5.95. The zero-order chi connectivity index (χ0) is 14.8. The second kappa shape index (κ2) is 5.65. The average molecular weight is 302 g/mol. The Bertz CT molecular complexity index is 669. The summed E-state index contributed by atoms with van der Waals surface area (Å²) in [5.41, 5.74) is 1.22. The largest absolute Gasteiger partial charge is 0.476 e. The van der Waals surface area contributed by atoms with Gasteiger partial charge in [0.15, 0.2) is 5.69 Å². The smallest absolute Gasteiger partial charge is 0.355 e. The first kappa shape index (κ1) is 13.8. The molecule has 0 spiro atoms. The molecule has 0 bridgehead atoms. The van der Waals surface area contributed by atoms with Crippen LogP contribution in [0.3, 0.4) is 0 Å². The van der Waals surface area contributed by atoms with Crippen LogP contribution in [-0.4, -0.2) is 22.0 Å². The molecular formula is C15H14N2O3S. The number of hydrogen-bond donors (Lipinski definition) is 2. The normalized spacial score (nSPS) is 20.0. The highest BCUT2D eigenvalue weighted by Crippen LogP contribution is 2.47. The van der Waals surface area contributed by atoms with Gasteiger partial charge in [-0.15, -0.1) is 11.3 Å². The standard InChI is InChI=1S/C15H14N2O3S/c18-14(11-6-10(11)9-4-2-1-3-5-9)16-7-13-17-12(8-21-13)15(19)20/h1-5,8,10-11H,6-7H2,(H,16,18)(H,19,20)/t10-,11-/m1/s1. The molecule has 1 amide bonds. The number of aromatic nitrogens is 1. The monoisotopic (exact) mass is 302 g/mol. The van der Waals surface area contributed by atoms with Gasteiger partial charge in [-0.2, -0.15) is 0 Å². The number of aromatic carboxylic acids is 1. The van der Waals surface area contributed by atoms with Crippen molar-refractivity contribution < 1.29 is 14.7 Å². The van der Waals surface area contributed by atoms with Crippen LogP contribution in [0.25, 0.3) is 0 Å². The molecule has 3 rings (SSSR count). The maximum Gasteiger partial charge on any atom is 0.355 e. The van der Waals surface area contributed by atoms with E-state index in [0.717, 1.165) is 6.42 Å². The van der Waals surface area contributed by atoms with E-state index < -0.39 is 5.97 Å². The molecule has 1 aromatic carbocycles. The number of hydrogen-bond acceptors (Lipinski definition) is 4. The molecule has 2 N–H and O–H groups in total. The van der Waals surface area contributed by atoms with Crippen molar-refractivity contribution in [2.24, 2.45) is 5.92 Å². The molecular weight excluding hydrogens is 288 g/mol. The van der Waals surface area contributed by atoms with Crippen LogP contribution in [0.15, 0.2) is 35.7 Å². The fourth-order valence-corrected chi connectivity index (χ4v) is 3.05. The lowest BCUT2D eigenvalue weighted by Gasteiger charge is -2.03. The van der Waals surface area contributed by atoms with E-state index in [0.29, 0.717) is 10.9 Å². The summed E-state index contributed by atoms with van der Waals surface area (Å²) in [5, 5.41) is 13.7. The summed E-state index contributed by atoms with van der Waals surface area (Å²) in [5.74, 6) is -0.713. The summed E-state index contributed by atoms with van der Waals surface area (Å²) in [6, 6.07) is 10.00. The molecule has 0 aliphatic heterocycles. The Labute approximate surface area is 125 Å². The number of nitrogens with zero attached hydrogens (tertiary/aromatic N) is 1. The van der Waals surface area contributed by atoms with Gasteiger partial charge in [0.25, 0.3) is 0 Å². The van der Waals surface area contributed by atoms with Gasteiger partial charge in [0.1, 0.15) is 5.01 Å². The molecule has 1 fully saturated rings. The summed E-state index contributed by atoms with van der Waals surface area (Å²) >= 11 is 1.24. The first-order valence-electron chi connectivity index (χ1n) is 6.65. The molecule has 1 heterocycles. The topological polar surface area (TPSA) is 79.3 Å². The minimum Gasteiger partial charge on any atom is -0.476 e. The van der Waals surface area contributed by atoms with Crippen molar-refractivity contribution in [3.8, 4) is 0 Å². The van der Waals surface area contributed by atoms with Crippen LogP contribution in [0.2, 0.25) is 0 Å². The summed E-state index contributed by atoms with van der Waals surface area (Å²) in [7, 11) is 0. The lowest BCUT2D eigenvalue weighted by Crippen LogP contribution is -2.24. The van der Waals surface area contributed by atoms with Crippen LogP contribution >= 0.6 is 11.3 Å². The van der Waals surface area contributed by atoms with E-state index in [4.69, 9.17) is 5.11 Å². The molecule has 2 atom stereocenters. The lowest BCUT2D eigenvalue weighted by atomic mass is 10.1. The first-order valence-corrected chi connectivity index (χ1v) is 7.53. The van der Waals surface area contributed by atoms with Gasteiger partial charge < -0.3 is 10.4 Å². The highest BCUT2D eigenvalue weighted by molar-refractivity contribution is 7.09. The highest BCUT2D eigenvalue weighted by atomic mass is 32.1. The molecule has 0 saturated heterocycles. The minimum atomic E-state index is -1.05. The molecule has 2 aromatic rings. The maximum atomic E-state index is 12.1. The van der Waals surface area contributed by atoms with E-state index in [-0.39, 0.29) is 24.1 Å². The predicted molar refractivity (Wildman–Crippen MR) is 78.2 cm³/mol. The summed E-state index contributed by atoms with van der Waals surface area (Å²) < 4.78 is 0. The molecule has 5 nitrogen and oxygen atoms in total. The van der Waals surface area contributed by atoms with Crippen LogP contribution in [0.5, 0.6) is 0 Å². The van der Waals surface area contributed by atoms with Gasteiger partial charge in [-0.3, -0.25) is 4.79 Å². The SMILES string of the molecule is O=C(O)c1csc(CNC(=O)[C@@H]2C[C@@H]2c2ccccc2)n1. The molecule has 1 aromatic heterocycles. The Kier molecular flexibility index (Phi) is 3.70. The number of carbonyl (C=O) groups excluding carboxylic acids is 1. The zero-order valence-electron chi connectivity index (χ0n) is 11.2. The van der Waals surface area contributed by atoms with Crippen LogP contribution in [-0.2, 0) is 11.3 Å². The van der Waals surface area contributed by atoms with Gasteiger partial charge in [0, 0.05) is 11.3 Å². The van der Waals surface area contributed by atoms with Gasteiger partial charge in [0.05, 0.1) is 6.54 Å². The van der Waals surface area contributed by atoms with Gasteiger partial charge >= 0.3 is 5.97 Å². The molecule has 1 saturated carbocycles. The molecule has 0 unspecified atom stereocenters. The van der Waals surface area contributed by atoms with E-state index in [1.165, 1.54) is 22.3 Å². The van der Waals surface area contributed by atoms with Crippen molar-refractivity contribution in [1.29, 1.82) is 0 Å². The van der Waals surface area contributed by atoms with Crippen LogP contribution in [0, 0.1) is 5.92 Å². The Balaban J connectivity index is 1.52. The maximum absolute atomic E-state index is 12.1. The summed E-state index contributed by atoms with van der Waals surface area (Å²) in [6.45, 7) is 0.286. The van der Waals surface area contributed by atoms with Crippen molar-refractivity contribution in [3.05, 3.63) is 52.0 Å². The lowest BCUT2D eigenvalue weighted by molar-refractivity contribution is -0.122. The number of carboxylic acids is 1. The van der Waals surface area contributed by atoms with E-state index in [1.54, 1.807) is 0 Å². The van der Waals surface area contributed by atoms with Crippen LogP contribution in [0.4, 0.5) is 0 Å². The average Bonchev–Trinajstić information content (AvgIpc) is 3.15. The Hall–Kier alpha value is -2.21. The van der Waals surface area contributed by atoms with E-state index in [2.05, 4.69) is 10.3 Å². The van der Waals surface area contributed by atoms with Crippen molar-refractivity contribution in [3.63, 3.8) is 0 Å². The molecule has 1 aliphatic carbocycles. The molecule has 6 heteroatoms. The third-order valence-electron chi connectivity index (χ3n) is 3.54. The van der Waals surface area contributed by atoms with Gasteiger partial charge in [-0.05, 0) is 17.9 Å². The van der Waals surface area contributed by atoms with Crippen molar-refractivity contribution >= 4 is 23.2 Å².